The summed E-state index contributed by atoms with van der Waals surface area (Å²) in [6.45, 7) is 20.6. The van der Waals surface area contributed by atoms with E-state index in [0.29, 0.717) is 48.3 Å². The van der Waals surface area contributed by atoms with E-state index >= 15 is 0 Å². The number of allylic oxidation sites excluding steroid dienone is 4. The molecule has 0 aromatic heterocycles. The van der Waals surface area contributed by atoms with Gasteiger partial charge in [0.15, 0.2) is 0 Å². The minimum absolute atomic E-state index is 0.00220. The van der Waals surface area contributed by atoms with E-state index in [0.717, 1.165) is 44.4 Å². The number of hydrogen-bond donors (Lipinski definition) is 2. The number of rotatable bonds is 8. The number of alkyl halides is 1. The lowest BCUT2D eigenvalue weighted by Crippen LogP contribution is -2.68. The van der Waals surface area contributed by atoms with Crippen LogP contribution in [0.25, 0.3) is 0 Å². The predicted molar refractivity (Wildman–Crippen MR) is 198 cm³/mol. The average molecular weight is 694 g/mol. The lowest BCUT2D eigenvalue weighted by Gasteiger charge is -2.72. The van der Waals surface area contributed by atoms with Gasteiger partial charge < -0.3 is 20.2 Å². The molecule has 0 radical (unpaired) electrons. The van der Waals surface area contributed by atoms with Crippen molar-refractivity contribution in [1.82, 2.24) is 15.1 Å². The van der Waals surface area contributed by atoms with Crippen LogP contribution in [0.3, 0.4) is 0 Å². The molecule has 5 fully saturated rings. The molecule has 280 valence electrons. The molecule has 1 saturated heterocycles. The predicted octanol–water partition coefficient (Wildman–Crippen LogP) is 9.12. The van der Waals surface area contributed by atoms with Gasteiger partial charge in [-0.3, -0.25) is 4.79 Å². The molecule has 10 atom stereocenters. The molecule has 2 N–H and O–H groups in total. The first kappa shape index (κ1) is 36.5. The molecule has 7 rings (SSSR count). The molecular formula is C43H68FN3O3. The summed E-state index contributed by atoms with van der Waals surface area (Å²) in [6.07, 6.45) is 17.4. The number of halogens is 1. The summed E-state index contributed by atoms with van der Waals surface area (Å²) in [5, 5.41) is 14.0. The van der Waals surface area contributed by atoms with Crippen molar-refractivity contribution in [3.63, 3.8) is 0 Å². The fourth-order valence-corrected chi connectivity index (χ4v) is 14.7. The number of aliphatic carboxylic acids is 1. The molecule has 1 aliphatic heterocycles. The Hall–Kier alpha value is -1.89. The minimum Gasteiger partial charge on any atom is -0.481 e. The maximum absolute atomic E-state index is 14.0. The van der Waals surface area contributed by atoms with Gasteiger partial charge in [0.2, 0.25) is 0 Å². The van der Waals surface area contributed by atoms with Crippen LogP contribution in [0, 0.1) is 62.6 Å². The van der Waals surface area contributed by atoms with E-state index in [2.05, 4.69) is 65.9 Å². The van der Waals surface area contributed by atoms with Gasteiger partial charge in [-0.25, -0.2) is 9.18 Å². The zero-order chi connectivity index (χ0) is 36.1. The average Bonchev–Trinajstić information content (AvgIpc) is 3.61. The highest BCUT2D eigenvalue weighted by Gasteiger charge is 2.70. The smallest absolute Gasteiger partial charge is 0.319 e. The quantitative estimate of drug-likeness (QED) is 0.266. The Labute approximate surface area is 302 Å². The van der Waals surface area contributed by atoms with E-state index < -0.39 is 18.1 Å². The lowest BCUT2D eigenvalue weighted by molar-refractivity contribution is -0.223. The molecule has 0 bridgehead atoms. The molecule has 0 spiro atoms. The van der Waals surface area contributed by atoms with Gasteiger partial charge in [0.25, 0.3) is 0 Å². The maximum Gasteiger partial charge on any atom is 0.319 e. The van der Waals surface area contributed by atoms with Crippen molar-refractivity contribution < 1.29 is 19.1 Å². The lowest BCUT2D eigenvalue weighted by atomic mass is 9.32. The van der Waals surface area contributed by atoms with Crippen molar-refractivity contribution in [2.45, 2.75) is 131 Å². The van der Waals surface area contributed by atoms with Gasteiger partial charge in [-0.15, -0.1) is 0 Å². The second kappa shape index (κ2) is 12.3. The monoisotopic (exact) mass is 694 g/mol. The third kappa shape index (κ3) is 5.06. The molecule has 2 amide bonds. The molecule has 7 heteroatoms. The second-order valence-electron chi connectivity index (χ2n) is 20.1. The van der Waals surface area contributed by atoms with Crippen molar-refractivity contribution in [3.8, 4) is 0 Å². The van der Waals surface area contributed by atoms with Gasteiger partial charge in [-0.05, 0) is 145 Å². The molecule has 6 aliphatic carbocycles. The van der Waals surface area contributed by atoms with E-state index in [9.17, 15) is 19.1 Å². The molecule has 3 unspecified atom stereocenters. The standard InChI is InChI=1S/C43H68FN3O3/c1-28(2)30-13-20-43(45-23-24-47-26-25-46(8)37(47)50)22-21-40(6)32(35(30)43)9-10-34-39(5)16-14-31(38(3,4)33(39)15-17-41(34,40)7)29-11-18-42(27-44,19-12-29)36(48)49/h11,14,28,30,32-35,45H,9-10,12-13,15-27H2,1-8H3,(H,48,49)/t30-,32?,33-,34+,35?,39-,40+,41?,42-,43-/m0/s1. The number of nitrogens with zero attached hydrogens (tertiary/aromatic N) is 2. The first-order valence-electron chi connectivity index (χ1n) is 20.4. The number of carbonyl (C=O) groups excluding carboxylic acids is 1. The highest BCUT2D eigenvalue weighted by molar-refractivity contribution is 5.76. The number of carboxylic acid groups (broad SMARTS) is 1. The van der Waals surface area contributed by atoms with Crippen LogP contribution in [0.5, 0.6) is 0 Å². The molecule has 1 heterocycles. The fourth-order valence-electron chi connectivity index (χ4n) is 14.7. The van der Waals surface area contributed by atoms with Crippen LogP contribution in [0.1, 0.15) is 126 Å². The van der Waals surface area contributed by atoms with E-state index in [1.807, 2.05) is 16.8 Å². The van der Waals surface area contributed by atoms with Crippen molar-refractivity contribution >= 4 is 12.0 Å². The topological polar surface area (TPSA) is 72.9 Å². The normalized spacial score (nSPS) is 45.4. The number of likely N-dealkylation sites (N-methyl/N-ethyl adjacent to an activating group) is 1. The Balaban J connectivity index is 1.15. The van der Waals surface area contributed by atoms with E-state index in [4.69, 9.17) is 0 Å². The summed E-state index contributed by atoms with van der Waals surface area (Å²) in [4.78, 5) is 28.5. The Bertz CT molecular complexity index is 1440. The molecule has 7 aliphatic rings. The third-order valence-corrected chi connectivity index (χ3v) is 17.7. The van der Waals surface area contributed by atoms with Crippen molar-refractivity contribution in [2.75, 3.05) is 39.9 Å². The van der Waals surface area contributed by atoms with Crippen LogP contribution in [-0.2, 0) is 4.79 Å². The summed E-state index contributed by atoms with van der Waals surface area (Å²) in [6, 6.07) is 0.180. The number of carboxylic acids is 1. The molecule has 6 nitrogen and oxygen atoms in total. The molecule has 0 aromatic rings. The fraction of sp³-hybridized carbons (Fsp3) is 0.860. The van der Waals surface area contributed by atoms with Crippen molar-refractivity contribution in [1.29, 1.82) is 0 Å². The van der Waals surface area contributed by atoms with Gasteiger partial charge in [0.05, 0.1) is 5.41 Å². The van der Waals surface area contributed by atoms with E-state index in [1.54, 1.807) is 0 Å². The van der Waals surface area contributed by atoms with Gasteiger partial charge in [-0.2, -0.15) is 0 Å². The van der Waals surface area contributed by atoms with Gasteiger partial charge >= 0.3 is 12.0 Å². The Morgan fingerprint density at radius 2 is 1.70 bits per heavy atom. The van der Waals surface area contributed by atoms with Crippen molar-refractivity contribution in [2.24, 2.45) is 62.6 Å². The zero-order valence-electron chi connectivity index (χ0n) is 32.7. The van der Waals surface area contributed by atoms with Crippen LogP contribution < -0.4 is 5.32 Å². The Morgan fingerprint density at radius 3 is 2.32 bits per heavy atom. The molecule has 0 aromatic carbocycles. The SMILES string of the molecule is CC(C)[C@@H]1CC[C@]2(NCCN3CCN(C)C3=O)CC[C@]3(C)C(CC[C@H]4C3(C)CC[C@H]3C(C)(C)C(C5=CC[C@](CF)(C(=O)O)CC5)=CC[C@@]34C)C12. The van der Waals surface area contributed by atoms with Crippen molar-refractivity contribution in [3.05, 3.63) is 23.3 Å². The second-order valence-corrected chi connectivity index (χ2v) is 20.1. The Kier molecular flexibility index (Phi) is 9.00. The number of fused-ring (bicyclic) bond motifs is 7. The first-order chi connectivity index (χ1) is 23.5. The number of nitrogens with one attached hydrogen (secondary N) is 1. The highest BCUT2D eigenvalue weighted by atomic mass is 19.1. The van der Waals surface area contributed by atoms with Crippen LogP contribution in [-0.4, -0.2) is 72.3 Å². The van der Waals surface area contributed by atoms with Crippen LogP contribution in [0.15, 0.2) is 23.3 Å². The molecule has 4 saturated carbocycles. The van der Waals surface area contributed by atoms with Gasteiger partial charge in [0.1, 0.15) is 6.67 Å². The van der Waals surface area contributed by atoms with Crippen LogP contribution in [0.4, 0.5) is 9.18 Å². The van der Waals surface area contributed by atoms with Crippen LogP contribution >= 0.6 is 0 Å². The maximum atomic E-state index is 14.0. The largest absolute Gasteiger partial charge is 0.481 e. The highest BCUT2D eigenvalue weighted by Crippen LogP contribution is 2.76. The minimum atomic E-state index is -1.25. The zero-order valence-corrected chi connectivity index (χ0v) is 32.7. The van der Waals surface area contributed by atoms with Crippen LogP contribution in [0.2, 0.25) is 0 Å². The third-order valence-electron chi connectivity index (χ3n) is 17.7. The summed E-state index contributed by atoms with van der Waals surface area (Å²) in [5.74, 6) is 3.11. The summed E-state index contributed by atoms with van der Waals surface area (Å²) >= 11 is 0. The number of amides is 2. The molecule has 50 heavy (non-hydrogen) atoms. The first-order valence-corrected chi connectivity index (χ1v) is 20.4. The summed E-state index contributed by atoms with van der Waals surface area (Å²) in [5.41, 5.74) is 2.46. The van der Waals surface area contributed by atoms with E-state index in [-0.39, 0.29) is 27.8 Å². The number of hydrogen-bond acceptors (Lipinski definition) is 3. The summed E-state index contributed by atoms with van der Waals surface area (Å²) < 4.78 is 14.0. The van der Waals surface area contributed by atoms with E-state index in [1.165, 1.54) is 62.5 Å². The summed E-state index contributed by atoms with van der Waals surface area (Å²) in [7, 11) is 1.92. The van der Waals surface area contributed by atoms with Gasteiger partial charge in [0, 0.05) is 38.8 Å². The number of carbonyl (C=O) groups is 2. The molecular weight excluding hydrogens is 625 g/mol. The Morgan fingerprint density at radius 1 is 0.940 bits per heavy atom. The number of urea groups is 1. The van der Waals surface area contributed by atoms with Gasteiger partial charge in [-0.1, -0.05) is 60.6 Å².